The van der Waals surface area contributed by atoms with Crippen molar-refractivity contribution >= 4 is 67.3 Å². The molecule has 2 aromatic heterocycles. The van der Waals surface area contributed by atoms with E-state index in [1.54, 1.807) is 48.5 Å². The number of benzene rings is 4. The zero-order valence-corrected chi connectivity index (χ0v) is 40.6. The molecule has 53 heavy (non-hydrogen) atoms. The summed E-state index contributed by atoms with van der Waals surface area (Å²) in [5.74, 6) is -1.32. The molecular formula is C28H25K3N10O8S4. The van der Waals surface area contributed by atoms with Crippen molar-refractivity contribution in [3.8, 4) is 0 Å². The van der Waals surface area contributed by atoms with Gasteiger partial charge in [0, 0.05) is 45.1 Å². The molecule has 0 aliphatic heterocycles. The van der Waals surface area contributed by atoms with E-state index in [1.165, 1.54) is 81.4 Å². The predicted octanol–water partition coefficient (Wildman–Crippen LogP) is -5.20. The minimum atomic E-state index is -4.50. The van der Waals surface area contributed by atoms with E-state index in [4.69, 9.17) is 0 Å². The van der Waals surface area contributed by atoms with E-state index >= 15 is 0 Å². The summed E-state index contributed by atoms with van der Waals surface area (Å²) in [5.41, 5.74) is 0.586. The van der Waals surface area contributed by atoms with E-state index in [0.29, 0.717) is 11.4 Å². The largest absolute Gasteiger partial charge is 1.00 e. The van der Waals surface area contributed by atoms with Crippen LogP contribution in [0.2, 0.25) is 0 Å². The van der Waals surface area contributed by atoms with E-state index in [-0.39, 0.29) is 170 Å². The summed E-state index contributed by atoms with van der Waals surface area (Å²) in [6.45, 7) is 0. The molecule has 0 aliphatic carbocycles. The Balaban J connectivity index is 0. The Hall–Kier alpha value is -0.611. The van der Waals surface area contributed by atoms with Crippen LogP contribution in [0.15, 0.2) is 129 Å². The number of anilines is 2. The summed E-state index contributed by atoms with van der Waals surface area (Å²) < 4.78 is 66.6. The standard InChI is InChI=1S/2C14H11N5O4S2.3K.3H/c2*20-14(12-6-1-2-7-13(12)25(21,22)23)17-10-4-3-5-11(8-10)24-19-16-9-15-18-19;;;;;;/h2*1-9H,(H,17,20)(H,21,22,23);;;;;;/q;;3*+1;3*-1. The van der Waals surface area contributed by atoms with Crippen molar-refractivity contribution in [1.82, 2.24) is 39.2 Å². The third kappa shape index (κ3) is 15.0. The number of nitrogens with one attached hydrogen (secondary N) is 2. The molecule has 0 fully saturated rings. The maximum Gasteiger partial charge on any atom is 1.00 e. The van der Waals surface area contributed by atoms with Crippen LogP contribution in [-0.2, 0) is 20.2 Å². The van der Waals surface area contributed by atoms with Crippen molar-refractivity contribution in [3.05, 3.63) is 121 Å². The monoisotopic (exact) mass is 874 g/mol. The molecule has 4 N–H and O–H groups in total. The molecular weight excluding hydrogens is 850 g/mol. The fourth-order valence-corrected chi connectivity index (χ4v) is 6.73. The number of nitrogens with zero attached hydrogens (tertiary/aromatic N) is 8. The maximum atomic E-state index is 12.4. The molecule has 6 aromatic rings. The molecule has 0 bridgehead atoms. The molecule has 0 saturated carbocycles. The van der Waals surface area contributed by atoms with Gasteiger partial charge in [0.15, 0.2) is 12.7 Å². The minimum Gasteiger partial charge on any atom is -1.00 e. The normalized spacial score (nSPS) is 10.6. The Bertz CT molecular complexity index is 2210. The first kappa shape index (κ1) is 48.5. The van der Waals surface area contributed by atoms with Crippen molar-refractivity contribution in [1.29, 1.82) is 0 Å². The molecule has 18 nitrogen and oxygen atoms in total. The van der Waals surface area contributed by atoms with Crippen LogP contribution in [0.25, 0.3) is 0 Å². The van der Waals surface area contributed by atoms with E-state index in [1.807, 2.05) is 0 Å². The average molecular weight is 875 g/mol. The number of rotatable bonds is 10. The number of hydrogen-bond donors (Lipinski definition) is 4. The maximum absolute atomic E-state index is 12.4. The minimum absolute atomic E-state index is 0. The predicted molar refractivity (Wildman–Crippen MR) is 183 cm³/mol. The number of aromatic nitrogens is 8. The smallest absolute Gasteiger partial charge is 1.00 e. The summed E-state index contributed by atoms with van der Waals surface area (Å²) in [7, 11) is -9.01. The van der Waals surface area contributed by atoms with Gasteiger partial charge in [-0.15, -0.1) is 20.4 Å². The van der Waals surface area contributed by atoms with Gasteiger partial charge in [0.2, 0.25) is 0 Å². The SMILES string of the molecule is O=C(Nc1cccc(Sn2ncnn2)c1)c1ccccc1S(=O)(=O)O.O=C(Nc1cccc(Sn2ncnn2)c1)c1ccccc1S(=O)(=O)O.[H-].[H-].[H-].[K+].[K+].[K+]. The summed E-state index contributed by atoms with van der Waals surface area (Å²) in [6.07, 6.45) is 2.59. The molecule has 0 saturated heterocycles. The van der Waals surface area contributed by atoms with Crippen molar-refractivity contribution in [3.63, 3.8) is 0 Å². The van der Waals surface area contributed by atoms with E-state index in [0.717, 1.165) is 21.9 Å². The molecule has 4 aromatic carbocycles. The second-order valence-corrected chi connectivity index (χ2v) is 14.2. The Labute approximate surface area is 443 Å². The third-order valence-corrected chi connectivity index (χ3v) is 9.45. The van der Waals surface area contributed by atoms with Gasteiger partial charge in [-0.05, 0) is 71.1 Å². The molecule has 0 spiro atoms. The topological polar surface area (TPSA) is 254 Å². The summed E-state index contributed by atoms with van der Waals surface area (Å²) in [6, 6.07) is 24.4. The van der Waals surface area contributed by atoms with Crippen LogP contribution in [0, 0.1) is 0 Å². The Morgan fingerprint density at radius 3 is 1.30 bits per heavy atom. The van der Waals surface area contributed by atoms with Gasteiger partial charge in [-0.2, -0.15) is 16.8 Å². The van der Waals surface area contributed by atoms with Crippen LogP contribution in [0.3, 0.4) is 0 Å². The van der Waals surface area contributed by atoms with Crippen molar-refractivity contribution in [2.45, 2.75) is 19.6 Å². The number of carbonyl (C=O) groups excluding carboxylic acids is 2. The van der Waals surface area contributed by atoms with Crippen molar-refractivity contribution in [2.75, 3.05) is 10.6 Å². The number of hydrogen-bond acceptors (Lipinski definition) is 14. The van der Waals surface area contributed by atoms with Crippen LogP contribution in [-0.4, -0.2) is 77.0 Å². The second-order valence-electron chi connectivity index (χ2n) is 9.47. The van der Waals surface area contributed by atoms with Crippen LogP contribution in [0.5, 0.6) is 0 Å². The van der Waals surface area contributed by atoms with Gasteiger partial charge in [-0.3, -0.25) is 18.7 Å². The molecule has 262 valence electrons. The average Bonchev–Trinajstić information content (AvgIpc) is 3.79. The van der Waals surface area contributed by atoms with Crippen molar-refractivity contribution in [2.24, 2.45) is 0 Å². The molecule has 2 amide bonds. The van der Waals surface area contributed by atoms with E-state index in [2.05, 4.69) is 41.5 Å². The van der Waals surface area contributed by atoms with Gasteiger partial charge in [-0.1, -0.05) is 44.8 Å². The fourth-order valence-electron chi connectivity index (χ4n) is 4.00. The van der Waals surface area contributed by atoms with Crippen LogP contribution >= 0.6 is 23.9 Å². The zero-order chi connectivity index (χ0) is 35.7. The van der Waals surface area contributed by atoms with Crippen LogP contribution < -0.4 is 165 Å². The number of carbonyl (C=O) groups is 2. The van der Waals surface area contributed by atoms with Gasteiger partial charge in [-0.25, -0.2) is 0 Å². The first-order valence-electron chi connectivity index (χ1n) is 13.7. The third-order valence-electron chi connectivity index (χ3n) is 6.04. The van der Waals surface area contributed by atoms with E-state index < -0.39 is 41.8 Å². The summed E-state index contributed by atoms with van der Waals surface area (Å²) >= 11 is 2.37. The van der Waals surface area contributed by atoms with Crippen LogP contribution in [0.1, 0.15) is 25.0 Å². The van der Waals surface area contributed by atoms with Gasteiger partial charge >= 0.3 is 154 Å². The van der Waals surface area contributed by atoms with E-state index in [9.17, 15) is 35.5 Å². The number of tetrazole rings is 2. The van der Waals surface area contributed by atoms with Crippen molar-refractivity contribution < 1.29 is 194 Å². The molecule has 0 aliphatic rings. The van der Waals surface area contributed by atoms with Crippen LogP contribution in [0.4, 0.5) is 11.4 Å². The van der Waals surface area contributed by atoms with Gasteiger partial charge in [0.25, 0.3) is 32.1 Å². The molecule has 25 heteroatoms. The molecule has 6 rings (SSSR count). The fraction of sp³-hybridized carbons (Fsp3) is 0. The Kier molecular flexibility index (Phi) is 21.0. The zero-order valence-electron chi connectivity index (χ0n) is 30.9. The first-order chi connectivity index (χ1) is 23.9. The summed E-state index contributed by atoms with van der Waals surface area (Å²) in [4.78, 5) is 25.3. The van der Waals surface area contributed by atoms with Gasteiger partial charge < -0.3 is 14.9 Å². The van der Waals surface area contributed by atoms with Gasteiger partial charge in [0.1, 0.15) is 9.79 Å². The number of amides is 2. The van der Waals surface area contributed by atoms with Gasteiger partial charge in [0.05, 0.1) is 11.1 Å². The Morgan fingerprint density at radius 2 is 0.962 bits per heavy atom. The molecule has 0 atom stereocenters. The Morgan fingerprint density at radius 1 is 0.585 bits per heavy atom. The second kappa shape index (κ2) is 23.0. The molecule has 0 radical (unpaired) electrons. The summed E-state index contributed by atoms with van der Waals surface area (Å²) in [5, 5.41) is 27.6. The molecule has 0 unspecified atom stereocenters. The molecule has 2 heterocycles. The first-order valence-corrected chi connectivity index (χ1v) is 18.1. The quantitative estimate of drug-likeness (QED) is 0.0742.